The van der Waals surface area contributed by atoms with Gasteiger partial charge in [-0.1, -0.05) is 13.8 Å². The van der Waals surface area contributed by atoms with Gasteiger partial charge in [-0.2, -0.15) is 5.10 Å². The molecule has 1 heterocycles. The second-order valence-electron chi connectivity index (χ2n) is 5.03. The lowest BCUT2D eigenvalue weighted by Gasteiger charge is -2.19. The number of aryl methyl sites for hydroxylation is 2. The Bertz CT molecular complexity index is 333. The SMILES string of the molecule is COCC(CNCC(C)C)n1nc(C)cc1C. The first kappa shape index (κ1) is 14.2. The van der Waals surface area contributed by atoms with Crippen LogP contribution in [0.1, 0.15) is 31.3 Å². The van der Waals surface area contributed by atoms with E-state index in [1.165, 1.54) is 5.69 Å². The molecule has 4 heteroatoms. The number of hydrogen-bond acceptors (Lipinski definition) is 3. The Kier molecular flexibility index (Phi) is 5.65. The van der Waals surface area contributed by atoms with Crippen molar-refractivity contribution in [2.75, 3.05) is 26.8 Å². The topological polar surface area (TPSA) is 39.1 Å². The molecule has 0 saturated carbocycles. The van der Waals surface area contributed by atoms with Crippen molar-refractivity contribution in [1.29, 1.82) is 0 Å². The summed E-state index contributed by atoms with van der Waals surface area (Å²) in [5.41, 5.74) is 2.25. The van der Waals surface area contributed by atoms with E-state index in [0.29, 0.717) is 12.5 Å². The highest BCUT2D eigenvalue weighted by atomic mass is 16.5. The van der Waals surface area contributed by atoms with Crippen molar-refractivity contribution in [2.45, 2.75) is 33.7 Å². The van der Waals surface area contributed by atoms with Crippen LogP contribution in [0.5, 0.6) is 0 Å². The van der Waals surface area contributed by atoms with Gasteiger partial charge in [-0.25, -0.2) is 0 Å². The monoisotopic (exact) mass is 239 g/mol. The van der Waals surface area contributed by atoms with E-state index in [1.807, 2.05) is 6.92 Å². The summed E-state index contributed by atoms with van der Waals surface area (Å²) in [5.74, 6) is 0.665. The first-order valence-electron chi connectivity index (χ1n) is 6.27. The van der Waals surface area contributed by atoms with Gasteiger partial charge in [-0.05, 0) is 32.4 Å². The quantitative estimate of drug-likeness (QED) is 0.790. The van der Waals surface area contributed by atoms with Gasteiger partial charge in [0.25, 0.3) is 0 Å². The summed E-state index contributed by atoms with van der Waals surface area (Å²) < 4.78 is 7.34. The van der Waals surface area contributed by atoms with E-state index in [0.717, 1.165) is 18.8 Å². The molecule has 1 aromatic heterocycles. The van der Waals surface area contributed by atoms with Crippen LogP contribution in [0, 0.1) is 19.8 Å². The fraction of sp³-hybridized carbons (Fsp3) is 0.769. The molecule has 0 aliphatic heterocycles. The number of rotatable bonds is 7. The molecule has 0 bridgehead atoms. The van der Waals surface area contributed by atoms with Crippen molar-refractivity contribution in [3.05, 3.63) is 17.5 Å². The first-order valence-corrected chi connectivity index (χ1v) is 6.27. The minimum atomic E-state index is 0.271. The molecule has 1 rings (SSSR count). The number of ether oxygens (including phenoxy) is 1. The van der Waals surface area contributed by atoms with E-state index in [9.17, 15) is 0 Å². The zero-order chi connectivity index (χ0) is 12.8. The average molecular weight is 239 g/mol. The maximum atomic E-state index is 5.28. The first-order chi connectivity index (χ1) is 8.04. The van der Waals surface area contributed by atoms with Crippen LogP contribution in [0.2, 0.25) is 0 Å². The van der Waals surface area contributed by atoms with Crippen LogP contribution in [0.3, 0.4) is 0 Å². The standard InChI is InChI=1S/C13H25N3O/c1-10(2)7-14-8-13(9-17-5)16-12(4)6-11(3)15-16/h6,10,13-14H,7-9H2,1-5H3. The summed E-state index contributed by atoms with van der Waals surface area (Å²) in [6.45, 7) is 11.1. The summed E-state index contributed by atoms with van der Waals surface area (Å²) in [7, 11) is 1.74. The van der Waals surface area contributed by atoms with Crippen LogP contribution in [0.4, 0.5) is 0 Å². The average Bonchev–Trinajstić information content (AvgIpc) is 2.56. The largest absolute Gasteiger partial charge is 0.382 e. The fourth-order valence-corrected chi connectivity index (χ4v) is 1.96. The lowest BCUT2D eigenvalue weighted by Crippen LogP contribution is -2.31. The van der Waals surface area contributed by atoms with Crippen LogP contribution in [0.15, 0.2) is 6.07 Å². The molecule has 1 N–H and O–H groups in total. The molecule has 98 valence electrons. The van der Waals surface area contributed by atoms with Gasteiger partial charge in [0, 0.05) is 19.3 Å². The Morgan fingerprint density at radius 2 is 2.06 bits per heavy atom. The van der Waals surface area contributed by atoms with Crippen LogP contribution >= 0.6 is 0 Å². The highest BCUT2D eigenvalue weighted by Crippen LogP contribution is 2.11. The molecular formula is C13H25N3O. The number of aromatic nitrogens is 2. The Hall–Kier alpha value is -0.870. The third-order valence-electron chi connectivity index (χ3n) is 2.68. The van der Waals surface area contributed by atoms with Gasteiger partial charge in [0.2, 0.25) is 0 Å². The summed E-state index contributed by atoms with van der Waals surface area (Å²) in [6, 6.07) is 2.37. The molecule has 0 radical (unpaired) electrons. The van der Waals surface area contributed by atoms with Gasteiger partial charge >= 0.3 is 0 Å². The summed E-state index contributed by atoms with van der Waals surface area (Å²) in [5, 5.41) is 7.99. The predicted molar refractivity (Wildman–Crippen MR) is 70.3 cm³/mol. The van der Waals surface area contributed by atoms with Gasteiger partial charge < -0.3 is 10.1 Å². The molecule has 1 unspecified atom stereocenters. The van der Waals surface area contributed by atoms with E-state index in [2.05, 4.69) is 41.9 Å². The Morgan fingerprint density at radius 3 is 2.53 bits per heavy atom. The maximum absolute atomic E-state index is 5.28. The van der Waals surface area contributed by atoms with Crippen molar-refractivity contribution in [3.63, 3.8) is 0 Å². The molecule has 0 fully saturated rings. The molecular weight excluding hydrogens is 214 g/mol. The molecule has 4 nitrogen and oxygen atoms in total. The van der Waals surface area contributed by atoms with Crippen molar-refractivity contribution in [2.24, 2.45) is 5.92 Å². The van der Waals surface area contributed by atoms with Crippen LogP contribution in [0.25, 0.3) is 0 Å². The highest BCUT2D eigenvalue weighted by molar-refractivity contribution is 5.07. The molecule has 0 saturated heterocycles. The molecule has 0 aromatic carbocycles. The van der Waals surface area contributed by atoms with E-state index in [-0.39, 0.29) is 6.04 Å². The zero-order valence-electron chi connectivity index (χ0n) is 11.7. The molecule has 0 aliphatic carbocycles. The van der Waals surface area contributed by atoms with Gasteiger partial charge in [0.15, 0.2) is 0 Å². The van der Waals surface area contributed by atoms with Crippen LogP contribution in [-0.4, -0.2) is 36.6 Å². The second-order valence-corrected chi connectivity index (χ2v) is 5.03. The fourth-order valence-electron chi connectivity index (χ4n) is 1.96. The number of nitrogens with zero attached hydrogens (tertiary/aromatic N) is 2. The van der Waals surface area contributed by atoms with Crippen molar-refractivity contribution < 1.29 is 4.74 Å². The van der Waals surface area contributed by atoms with Gasteiger partial charge in [0.05, 0.1) is 18.3 Å². The third kappa shape index (κ3) is 4.48. The number of hydrogen-bond donors (Lipinski definition) is 1. The highest BCUT2D eigenvalue weighted by Gasteiger charge is 2.14. The lowest BCUT2D eigenvalue weighted by molar-refractivity contribution is 0.146. The molecule has 17 heavy (non-hydrogen) atoms. The van der Waals surface area contributed by atoms with Crippen LogP contribution < -0.4 is 5.32 Å². The predicted octanol–water partition coefficient (Wildman–Crippen LogP) is 1.93. The lowest BCUT2D eigenvalue weighted by atomic mass is 10.2. The van der Waals surface area contributed by atoms with E-state index in [4.69, 9.17) is 4.74 Å². The minimum absolute atomic E-state index is 0.271. The van der Waals surface area contributed by atoms with Crippen LogP contribution in [-0.2, 0) is 4.74 Å². The molecule has 0 amide bonds. The van der Waals surface area contributed by atoms with E-state index < -0.39 is 0 Å². The zero-order valence-corrected chi connectivity index (χ0v) is 11.7. The van der Waals surface area contributed by atoms with Crippen molar-refractivity contribution in [3.8, 4) is 0 Å². The Labute approximate surface area is 104 Å². The molecule has 1 atom stereocenters. The maximum Gasteiger partial charge on any atom is 0.0879 e. The minimum Gasteiger partial charge on any atom is -0.382 e. The molecule has 1 aromatic rings. The summed E-state index contributed by atoms with van der Waals surface area (Å²) >= 11 is 0. The summed E-state index contributed by atoms with van der Waals surface area (Å²) in [4.78, 5) is 0. The number of methoxy groups -OCH3 is 1. The Balaban J connectivity index is 2.61. The number of nitrogens with one attached hydrogen (secondary N) is 1. The van der Waals surface area contributed by atoms with Gasteiger partial charge in [0.1, 0.15) is 0 Å². The molecule has 0 aliphatic rings. The summed E-state index contributed by atoms with van der Waals surface area (Å²) in [6.07, 6.45) is 0. The smallest absolute Gasteiger partial charge is 0.0879 e. The van der Waals surface area contributed by atoms with E-state index >= 15 is 0 Å². The van der Waals surface area contributed by atoms with Gasteiger partial charge in [-0.3, -0.25) is 4.68 Å². The second kappa shape index (κ2) is 6.77. The van der Waals surface area contributed by atoms with Crippen molar-refractivity contribution in [1.82, 2.24) is 15.1 Å². The van der Waals surface area contributed by atoms with E-state index in [1.54, 1.807) is 7.11 Å². The molecule has 0 spiro atoms. The normalized spacial score (nSPS) is 13.3. The Morgan fingerprint density at radius 1 is 1.35 bits per heavy atom. The van der Waals surface area contributed by atoms with Crippen molar-refractivity contribution >= 4 is 0 Å². The third-order valence-corrected chi connectivity index (χ3v) is 2.68. The van der Waals surface area contributed by atoms with Gasteiger partial charge in [-0.15, -0.1) is 0 Å².